The summed E-state index contributed by atoms with van der Waals surface area (Å²) in [4.78, 5) is 12.6. The Kier molecular flexibility index (Phi) is 5.24. The second-order valence-corrected chi connectivity index (χ2v) is 8.34. The lowest BCUT2D eigenvalue weighted by molar-refractivity contribution is 0.340. The number of anilines is 1. The van der Waals surface area contributed by atoms with Gasteiger partial charge in [-0.1, -0.05) is 12.1 Å². The van der Waals surface area contributed by atoms with Gasteiger partial charge in [0.15, 0.2) is 0 Å². The minimum atomic E-state index is 0.322. The van der Waals surface area contributed by atoms with Gasteiger partial charge < -0.3 is 9.64 Å². The van der Waals surface area contributed by atoms with E-state index in [-0.39, 0.29) is 0 Å². The number of nitrogens with zero attached hydrogens (tertiary/aromatic N) is 3. The summed E-state index contributed by atoms with van der Waals surface area (Å²) in [5.74, 6) is 1.86. The fourth-order valence-electron chi connectivity index (χ4n) is 4.03. The van der Waals surface area contributed by atoms with Crippen molar-refractivity contribution < 1.29 is 4.74 Å². The number of ether oxygens (including phenoxy) is 1. The minimum absolute atomic E-state index is 0.322. The molecule has 1 aromatic carbocycles. The van der Waals surface area contributed by atoms with Crippen molar-refractivity contribution in [2.24, 2.45) is 0 Å². The van der Waals surface area contributed by atoms with E-state index in [9.17, 15) is 0 Å². The monoisotopic (exact) mass is 401 g/mol. The molecule has 0 radical (unpaired) electrons. The topological polar surface area (TPSA) is 38.3 Å². The van der Waals surface area contributed by atoms with Crippen molar-refractivity contribution in [2.45, 2.75) is 52.1 Å². The highest BCUT2D eigenvalue weighted by atomic mass is 35.5. The van der Waals surface area contributed by atoms with Crippen LogP contribution in [0.2, 0.25) is 5.28 Å². The zero-order valence-corrected chi connectivity index (χ0v) is 17.5. The van der Waals surface area contributed by atoms with Crippen LogP contribution in [0.25, 0.3) is 21.3 Å². The van der Waals surface area contributed by atoms with E-state index in [1.165, 1.54) is 19.3 Å². The summed E-state index contributed by atoms with van der Waals surface area (Å²) in [6.45, 7) is 7.22. The van der Waals surface area contributed by atoms with Crippen LogP contribution in [0.15, 0.2) is 29.6 Å². The van der Waals surface area contributed by atoms with Gasteiger partial charge in [-0.25, -0.2) is 4.98 Å². The number of hydrogen-bond donors (Lipinski definition) is 0. The standard InChI is InChI=1S/C21H24ClN3OS/c1-4-26-16-10-8-15(9-11-16)17-12-27-20-18(17)19(23-21(22)24-20)25-13(2)6-5-7-14(25)3/h8-14H,4-7H2,1-3H3. The van der Waals surface area contributed by atoms with Crippen molar-refractivity contribution >= 4 is 39.0 Å². The second-order valence-electron chi connectivity index (χ2n) is 7.14. The molecule has 4 nitrogen and oxygen atoms in total. The molecule has 2 unspecified atom stereocenters. The minimum Gasteiger partial charge on any atom is -0.494 e. The molecule has 0 amide bonds. The van der Waals surface area contributed by atoms with Crippen molar-refractivity contribution in [1.29, 1.82) is 0 Å². The number of aromatic nitrogens is 2. The van der Waals surface area contributed by atoms with Crippen LogP contribution >= 0.6 is 22.9 Å². The van der Waals surface area contributed by atoms with Gasteiger partial charge in [-0.2, -0.15) is 4.98 Å². The zero-order chi connectivity index (χ0) is 19.0. The van der Waals surface area contributed by atoms with Crippen LogP contribution in [0.5, 0.6) is 5.75 Å². The normalized spacial score (nSPS) is 20.2. The van der Waals surface area contributed by atoms with Crippen LogP contribution in [0.3, 0.4) is 0 Å². The number of rotatable bonds is 4. The summed E-state index contributed by atoms with van der Waals surface area (Å²) < 4.78 is 5.58. The third-order valence-corrected chi connectivity index (χ3v) is 6.34. The van der Waals surface area contributed by atoms with Crippen LogP contribution in [-0.4, -0.2) is 28.7 Å². The highest BCUT2D eigenvalue weighted by Gasteiger charge is 2.29. The molecule has 1 aliphatic heterocycles. The molecule has 142 valence electrons. The fraction of sp³-hybridized carbons (Fsp3) is 0.429. The van der Waals surface area contributed by atoms with Gasteiger partial charge in [0, 0.05) is 23.0 Å². The maximum Gasteiger partial charge on any atom is 0.225 e. The van der Waals surface area contributed by atoms with E-state index in [1.807, 2.05) is 19.1 Å². The van der Waals surface area contributed by atoms with E-state index in [0.29, 0.717) is 24.0 Å². The van der Waals surface area contributed by atoms with Gasteiger partial charge in [0.25, 0.3) is 0 Å². The van der Waals surface area contributed by atoms with Gasteiger partial charge >= 0.3 is 0 Å². The Morgan fingerprint density at radius 1 is 1.15 bits per heavy atom. The van der Waals surface area contributed by atoms with E-state index in [2.05, 4.69) is 41.2 Å². The first-order valence-corrected chi connectivity index (χ1v) is 10.8. The largest absolute Gasteiger partial charge is 0.494 e. The third-order valence-electron chi connectivity index (χ3n) is 5.30. The lowest BCUT2D eigenvalue weighted by atomic mass is 9.96. The average Bonchev–Trinajstić information content (AvgIpc) is 3.06. The lowest BCUT2D eigenvalue weighted by Crippen LogP contribution is -2.44. The molecule has 27 heavy (non-hydrogen) atoms. The summed E-state index contributed by atoms with van der Waals surface area (Å²) in [5, 5.41) is 3.59. The molecular weight excluding hydrogens is 378 g/mol. The third kappa shape index (κ3) is 3.50. The van der Waals surface area contributed by atoms with Gasteiger partial charge in [0.05, 0.1) is 12.0 Å². The van der Waals surface area contributed by atoms with Gasteiger partial charge in [0.1, 0.15) is 16.4 Å². The van der Waals surface area contributed by atoms with Crippen molar-refractivity contribution in [1.82, 2.24) is 9.97 Å². The first-order valence-electron chi connectivity index (χ1n) is 9.54. The van der Waals surface area contributed by atoms with Crippen LogP contribution in [0.4, 0.5) is 5.82 Å². The zero-order valence-electron chi connectivity index (χ0n) is 15.9. The Bertz CT molecular complexity index is 930. The molecule has 0 spiro atoms. The van der Waals surface area contributed by atoms with E-state index < -0.39 is 0 Å². The molecule has 0 N–H and O–H groups in total. The first-order chi connectivity index (χ1) is 13.1. The van der Waals surface area contributed by atoms with Crippen LogP contribution in [-0.2, 0) is 0 Å². The molecule has 1 fully saturated rings. The van der Waals surface area contributed by atoms with Crippen molar-refractivity contribution in [3.8, 4) is 16.9 Å². The number of hydrogen-bond acceptors (Lipinski definition) is 5. The van der Waals surface area contributed by atoms with E-state index in [4.69, 9.17) is 21.3 Å². The average molecular weight is 402 g/mol. The molecule has 2 aromatic heterocycles. The molecule has 3 heterocycles. The van der Waals surface area contributed by atoms with Gasteiger partial charge in [0.2, 0.25) is 5.28 Å². The van der Waals surface area contributed by atoms with Gasteiger partial charge in [-0.15, -0.1) is 11.3 Å². The maximum absolute atomic E-state index is 6.29. The Balaban J connectivity index is 1.85. The predicted molar refractivity (Wildman–Crippen MR) is 114 cm³/mol. The number of thiophene rings is 1. The van der Waals surface area contributed by atoms with Gasteiger partial charge in [-0.05, 0) is 69.3 Å². The molecule has 0 saturated carbocycles. The number of benzene rings is 1. The van der Waals surface area contributed by atoms with Crippen LogP contribution < -0.4 is 9.64 Å². The number of piperidine rings is 1. The van der Waals surface area contributed by atoms with Gasteiger partial charge in [-0.3, -0.25) is 0 Å². The fourth-order valence-corrected chi connectivity index (χ4v) is 5.19. The Morgan fingerprint density at radius 3 is 2.52 bits per heavy atom. The molecule has 3 aromatic rings. The van der Waals surface area contributed by atoms with Crippen molar-refractivity contribution in [2.75, 3.05) is 11.5 Å². The number of halogens is 1. The quantitative estimate of drug-likeness (QED) is 0.489. The summed E-state index contributed by atoms with van der Waals surface area (Å²) in [6.07, 6.45) is 3.61. The van der Waals surface area contributed by atoms with E-state index >= 15 is 0 Å². The van der Waals surface area contributed by atoms with E-state index in [1.54, 1.807) is 11.3 Å². The molecule has 0 aliphatic carbocycles. The Morgan fingerprint density at radius 2 is 1.85 bits per heavy atom. The Hall–Kier alpha value is -1.85. The predicted octanol–water partition coefficient (Wildman–Crippen LogP) is 6.18. The highest BCUT2D eigenvalue weighted by molar-refractivity contribution is 7.17. The Labute approximate surface area is 169 Å². The molecule has 0 bridgehead atoms. The van der Waals surface area contributed by atoms with Crippen LogP contribution in [0.1, 0.15) is 40.0 Å². The summed E-state index contributed by atoms with van der Waals surface area (Å²) in [7, 11) is 0. The lowest BCUT2D eigenvalue weighted by Gasteiger charge is -2.40. The smallest absolute Gasteiger partial charge is 0.225 e. The molecule has 1 aliphatic rings. The molecule has 2 atom stereocenters. The highest BCUT2D eigenvalue weighted by Crippen LogP contribution is 2.41. The SMILES string of the molecule is CCOc1ccc(-c2csc3nc(Cl)nc(N4C(C)CCCC4C)c23)cc1. The summed E-state index contributed by atoms with van der Waals surface area (Å²) >= 11 is 7.92. The molecule has 4 rings (SSSR count). The first kappa shape index (κ1) is 18.5. The number of fused-ring (bicyclic) bond motifs is 1. The molecule has 6 heteroatoms. The molecule has 1 saturated heterocycles. The summed E-state index contributed by atoms with van der Waals surface area (Å²) in [6, 6.07) is 9.13. The molecular formula is C21H24ClN3OS. The van der Waals surface area contributed by atoms with Crippen LogP contribution in [0, 0.1) is 0 Å². The maximum atomic E-state index is 6.29. The second kappa shape index (κ2) is 7.64. The van der Waals surface area contributed by atoms with Crippen molar-refractivity contribution in [3.05, 3.63) is 34.9 Å². The van der Waals surface area contributed by atoms with E-state index in [0.717, 1.165) is 32.9 Å². The van der Waals surface area contributed by atoms with Crippen molar-refractivity contribution in [3.63, 3.8) is 0 Å². The summed E-state index contributed by atoms with van der Waals surface area (Å²) in [5.41, 5.74) is 2.31.